The molecule has 8 nitrogen and oxygen atoms in total. The Morgan fingerprint density at radius 2 is 1.90 bits per heavy atom. The summed E-state index contributed by atoms with van der Waals surface area (Å²) >= 11 is 5.54. The van der Waals surface area contributed by atoms with Gasteiger partial charge in [-0.05, 0) is 43.8 Å². The summed E-state index contributed by atoms with van der Waals surface area (Å²) in [6, 6.07) is 4.23. The van der Waals surface area contributed by atoms with Crippen LogP contribution in [-0.4, -0.2) is 40.0 Å². The Bertz CT molecular complexity index is 937. The van der Waals surface area contributed by atoms with E-state index in [0.717, 1.165) is 36.8 Å². The maximum absolute atomic E-state index is 11.1. The van der Waals surface area contributed by atoms with Crippen LogP contribution >= 0.6 is 12.2 Å². The second-order valence-corrected chi connectivity index (χ2v) is 7.61. The molecule has 2 heterocycles. The number of hydrogen-bond acceptors (Lipinski definition) is 5. The van der Waals surface area contributed by atoms with Crippen LogP contribution in [0.15, 0.2) is 12.1 Å². The number of nitrogens with zero attached hydrogens (tertiary/aromatic N) is 3. The summed E-state index contributed by atoms with van der Waals surface area (Å²) in [6.45, 7) is 7.72. The molecular formula is C20H30N5O3S+. The second-order valence-electron chi connectivity index (χ2n) is 7.24. The molecule has 3 N–H and O–H groups in total. The van der Waals surface area contributed by atoms with Gasteiger partial charge in [0.25, 0.3) is 0 Å². The zero-order valence-corrected chi connectivity index (χ0v) is 18.2. The van der Waals surface area contributed by atoms with Crippen molar-refractivity contribution in [3.8, 4) is 11.5 Å². The third kappa shape index (κ3) is 4.97. The summed E-state index contributed by atoms with van der Waals surface area (Å²) in [5.74, 6) is 2.07. The third-order valence-corrected chi connectivity index (χ3v) is 5.64. The monoisotopic (exact) mass is 420 g/mol. The average Bonchev–Trinajstić information content (AvgIpc) is 2.95. The van der Waals surface area contributed by atoms with Gasteiger partial charge in [0, 0.05) is 31.9 Å². The van der Waals surface area contributed by atoms with Gasteiger partial charge >= 0.3 is 0 Å². The maximum atomic E-state index is 11.1. The van der Waals surface area contributed by atoms with Crippen molar-refractivity contribution in [1.29, 1.82) is 0 Å². The molecule has 0 saturated heterocycles. The first kappa shape index (κ1) is 21.3. The summed E-state index contributed by atoms with van der Waals surface area (Å²) < 4.78 is 15.9. The molecule has 3 rings (SSSR count). The van der Waals surface area contributed by atoms with Gasteiger partial charge in [0.05, 0.1) is 19.8 Å². The Kier molecular flexibility index (Phi) is 6.92. The predicted octanol–water partition coefficient (Wildman–Crippen LogP) is 0.765. The largest absolute Gasteiger partial charge is 0.490 e. The molecule has 1 aromatic heterocycles. The second kappa shape index (κ2) is 9.41. The van der Waals surface area contributed by atoms with Crippen LogP contribution < -0.4 is 20.1 Å². The Morgan fingerprint density at radius 1 is 1.24 bits per heavy atom. The molecule has 158 valence electrons. The lowest BCUT2D eigenvalue weighted by atomic mass is 9.99. The van der Waals surface area contributed by atoms with E-state index in [9.17, 15) is 4.79 Å². The Morgan fingerprint density at radius 3 is 2.52 bits per heavy atom. The smallest absolute Gasteiger partial charge is 0.217 e. The zero-order valence-electron chi connectivity index (χ0n) is 17.4. The van der Waals surface area contributed by atoms with E-state index in [-0.39, 0.29) is 12.3 Å². The number of carbonyl (C=O) groups excluding carboxylic acids is 1. The van der Waals surface area contributed by atoms with Gasteiger partial charge in [0.2, 0.25) is 10.7 Å². The standard InChI is InChI=1S/C20H29N5O3S/c1-4-27-16-10-14-8-9-24(12-15(14)11-17(16)28-5-2)13-25-20(29)23(3)19(22-25)7-6-18(21)26/h10-11H,4-9,12-13H2,1-3H3,(H2,21,26)/p+1. The number of rotatable bonds is 9. The first-order chi connectivity index (χ1) is 13.9. The van der Waals surface area contributed by atoms with Crippen LogP contribution in [-0.2, 0) is 37.9 Å². The van der Waals surface area contributed by atoms with Crippen LogP contribution in [0.5, 0.6) is 11.5 Å². The Balaban J connectivity index is 1.76. The summed E-state index contributed by atoms with van der Waals surface area (Å²) in [5, 5.41) is 4.62. The van der Waals surface area contributed by atoms with Crippen molar-refractivity contribution >= 4 is 18.1 Å². The highest BCUT2D eigenvalue weighted by molar-refractivity contribution is 7.71. The number of carbonyl (C=O) groups is 1. The summed E-state index contributed by atoms with van der Waals surface area (Å²) in [7, 11) is 1.88. The van der Waals surface area contributed by atoms with Crippen molar-refractivity contribution < 1.29 is 19.2 Å². The van der Waals surface area contributed by atoms with E-state index in [2.05, 4.69) is 17.2 Å². The molecule has 29 heavy (non-hydrogen) atoms. The molecule has 1 amide bonds. The van der Waals surface area contributed by atoms with E-state index in [1.54, 1.807) is 0 Å². The molecule has 1 atom stereocenters. The number of aromatic nitrogens is 3. The van der Waals surface area contributed by atoms with E-state index in [0.29, 0.717) is 31.1 Å². The van der Waals surface area contributed by atoms with Crippen molar-refractivity contribution in [3.63, 3.8) is 0 Å². The number of aryl methyl sites for hydroxylation is 1. The lowest BCUT2D eigenvalue weighted by Crippen LogP contribution is -3.11. The summed E-state index contributed by atoms with van der Waals surface area (Å²) in [4.78, 5) is 12.5. The van der Waals surface area contributed by atoms with Crippen molar-refractivity contribution in [2.75, 3.05) is 19.8 Å². The number of fused-ring (bicyclic) bond motifs is 1. The molecule has 2 aromatic rings. The van der Waals surface area contributed by atoms with Crippen molar-refractivity contribution in [2.24, 2.45) is 12.8 Å². The van der Waals surface area contributed by atoms with Crippen molar-refractivity contribution in [3.05, 3.63) is 33.9 Å². The summed E-state index contributed by atoms with van der Waals surface area (Å²) in [6.07, 6.45) is 1.73. The van der Waals surface area contributed by atoms with Gasteiger partial charge in [-0.25, -0.2) is 0 Å². The lowest BCUT2D eigenvalue weighted by molar-refractivity contribution is -0.939. The van der Waals surface area contributed by atoms with Gasteiger partial charge in [-0.2, -0.15) is 9.78 Å². The molecule has 0 spiro atoms. The average molecular weight is 421 g/mol. The van der Waals surface area contributed by atoms with Crippen molar-refractivity contribution in [1.82, 2.24) is 14.3 Å². The highest BCUT2D eigenvalue weighted by Gasteiger charge is 2.23. The van der Waals surface area contributed by atoms with Gasteiger partial charge in [-0.1, -0.05) is 0 Å². The van der Waals surface area contributed by atoms with E-state index in [1.165, 1.54) is 16.0 Å². The number of nitrogens with one attached hydrogen (secondary N) is 1. The topological polar surface area (TPSA) is 88.7 Å². The van der Waals surface area contributed by atoms with Crippen LogP contribution in [0, 0.1) is 4.77 Å². The number of primary amides is 1. The molecular weight excluding hydrogens is 390 g/mol. The number of amides is 1. The van der Waals surface area contributed by atoms with E-state index in [1.807, 2.05) is 30.1 Å². The lowest BCUT2D eigenvalue weighted by Gasteiger charge is -2.26. The minimum Gasteiger partial charge on any atom is -0.490 e. The molecule has 0 saturated carbocycles. The normalized spacial score (nSPS) is 15.8. The molecule has 0 radical (unpaired) electrons. The van der Waals surface area contributed by atoms with E-state index < -0.39 is 0 Å². The fourth-order valence-electron chi connectivity index (χ4n) is 3.68. The van der Waals surface area contributed by atoms with Gasteiger partial charge in [0.1, 0.15) is 12.4 Å². The minimum absolute atomic E-state index is 0.270. The molecule has 0 fully saturated rings. The number of ether oxygens (including phenoxy) is 2. The maximum Gasteiger partial charge on any atom is 0.217 e. The van der Waals surface area contributed by atoms with E-state index in [4.69, 9.17) is 27.4 Å². The fraction of sp³-hybridized carbons (Fsp3) is 0.550. The number of nitrogens with two attached hydrogens (primary N) is 1. The van der Waals surface area contributed by atoms with Gasteiger partial charge in [0.15, 0.2) is 18.2 Å². The van der Waals surface area contributed by atoms with Crippen LogP contribution in [0.25, 0.3) is 0 Å². The fourth-order valence-corrected chi connectivity index (χ4v) is 3.89. The first-order valence-corrected chi connectivity index (χ1v) is 10.5. The quantitative estimate of drug-likeness (QED) is 0.585. The van der Waals surface area contributed by atoms with Crippen LogP contribution in [0.1, 0.15) is 37.2 Å². The summed E-state index contributed by atoms with van der Waals surface area (Å²) in [5.41, 5.74) is 7.85. The molecule has 1 aliphatic heterocycles. The van der Waals surface area contributed by atoms with Crippen molar-refractivity contribution in [2.45, 2.75) is 46.3 Å². The van der Waals surface area contributed by atoms with Crippen LogP contribution in [0.4, 0.5) is 0 Å². The van der Waals surface area contributed by atoms with Gasteiger partial charge < -0.3 is 24.7 Å². The number of benzene rings is 1. The number of hydrogen-bond donors (Lipinski definition) is 2. The van der Waals surface area contributed by atoms with Gasteiger partial charge in [-0.3, -0.25) is 4.79 Å². The minimum atomic E-state index is -0.333. The molecule has 1 aromatic carbocycles. The van der Waals surface area contributed by atoms with Gasteiger partial charge in [-0.15, -0.1) is 0 Å². The third-order valence-electron chi connectivity index (χ3n) is 5.15. The molecule has 9 heteroatoms. The van der Waals surface area contributed by atoms with Crippen LogP contribution in [0.2, 0.25) is 0 Å². The van der Waals surface area contributed by atoms with Crippen LogP contribution in [0.3, 0.4) is 0 Å². The SMILES string of the molecule is CCOc1cc2c(cc1OCC)C[NH+](Cn1nc(CCC(N)=O)n(C)c1=S)CC2. The molecule has 0 aliphatic carbocycles. The molecule has 1 aliphatic rings. The molecule has 1 unspecified atom stereocenters. The zero-order chi connectivity index (χ0) is 21.0. The van der Waals surface area contributed by atoms with E-state index >= 15 is 0 Å². The predicted molar refractivity (Wildman–Crippen MR) is 112 cm³/mol. The first-order valence-electron chi connectivity index (χ1n) is 10.1. The Labute approximate surface area is 176 Å². The Hall–Kier alpha value is -2.39. The highest BCUT2D eigenvalue weighted by atomic mass is 32.1. The highest BCUT2D eigenvalue weighted by Crippen LogP contribution is 2.32. The number of quaternary nitrogens is 1. The molecule has 0 bridgehead atoms.